The summed E-state index contributed by atoms with van der Waals surface area (Å²) in [5, 5.41) is 4.97. The average Bonchev–Trinajstić information content (AvgIpc) is 2.86. The first-order valence-electron chi connectivity index (χ1n) is 6.49. The Morgan fingerprint density at radius 1 is 1.42 bits per heavy atom. The largest absolute Gasteiger partial charge is 0.434 e. The van der Waals surface area contributed by atoms with E-state index in [0.29, 0.717) is 5.01 Å². The molecule has 3 nitrogen and oxygen atoms in total. The van der Waals surface area contributed by atoms with Gasteiger partial charge in [0, 0.05) is 31.6 Å². The van der Waals surface area contributed by atoms with Crippen molar-refractivity contribution in [2.75, 3.05) is 26.2 Å². The third-order valence-electron chi connectivity index (χ3n) is 3.25. The second kappa shape index (κ2) is 6.19. The van der Waals surface area contributed by atoms with Gasteiger partial charge in [0.1, 0.15) is 5.01 Å². The van der Waals surface area contributed by atoms with E-state index in [-0.39, 0.29) is 6.04 Å². The highest BCUT2D eigenvalue weighted by molar-refractivity contribution is 7.09. The van der Waals surface area contributed by atoms with Gasteiger partial charge in [0.15, 0.2) is 5.69 Å². The van der Waals surface area contributed by atoms with Gasteiger partial charge < -0.3 is 5.32 Å². The Labute approximate surface area is 114 Å². The Morgan fingerprint density at radius 2 is 2.11 bits per heavy atom. The molecule has 1 atom stereocenters. The fourth-order valence-corrected chi connectivity index (χ4v) is 3.29. The van der Waals surface area contributed by atoms with Crippen LogP contribution in [0.2, 0.25) is 0 Å². The number of hydrogen-bond acceptors (Lipinski definition) is 4. The molecule has 1 aromatic heterocycles. The molecule has 0 radical (unpaired) electrons. The van der Waals surface area contributed by atoms with Crippen LogP contribution in [0.5, 0.6) is 0 Å². The lowest BCUT2D eigenvalue weighted by Crippen LogP contribution is -2.45. The van der Waals surface area contributed by atoms with Crippen molar-refractivity contribution < 1.29 is 13.2 Å². The second-order valence-corrected chi connectivity index (χ2v) is 5.55. The second-order valence-electron chi connectivity index (χ2n) is 4.66. The minimum atomic E-state index is -4.34. The summed E-state index contributed by atoms with van der Waals surface area (Å²) in [5.74, 6) is 0. The van der Waals surface area contributed by atoms with Crippen molar-refractivity contribution in [1.82, 2.24) is 15.2 Å². The highest BCUT2D eigenvalue weighted by atomic mass is 32.1. The van der Waals surface area contributed by atoms with Crippen LogP contribution in [-0.2, 0) is 6.18 Å². The Morgan fingerprint density at radius 3 is 2.63 bits per heavy atom. The van der Waals surface area contributed by atoms with E-state index in [9.17, 15) is 13.2 Å². The number of rotatable bonds is 4. The molecule has 1 aromatic rings. The van der Waals surface area contributed by atoms with Gasteiger partial charge in [0.25, 0.3) is 0 Å². The van der Waals surface area contributed by atoms with Gasteiger partial charge in [-0.3, -0.25) is 4.90 Å². The lowest BCUT2D eigenvalue weighted by Gasteiger charge is -2.33. The highest BCUT2D eigenvalue weighted by Crippen LogP contribution is 2.34. The molecule has 0 amide bonds. The van der Waals surface area contributed by atoms with E-state index in [4.69, 9.17) is 0 Å². The first-order valence-corrected chi connectivity index (χ1v) is 7.37. The standard InChI is InChI=1S/C12H18F3N3S/c1-2-3-9(18-6-4-16-5-7-18)11-17-10(8-19-11)12(13,14)15/h8-9,16H,2-7H2,1H3. The number of thiazole rings is 1. The summed E-state index contributed by atoms with van der Waals surface area (Å²) >= 11 is 1.12. The normalized spacial score (nSPS) is 19.6. The minimum absolute atomic E-state index is 0.0215. The maximum atomic E-state index is 12.6. The molecular formula is C12H18F3N3S. The number of aromatic nitrogens is 1. The van der Waals surface area contributed by atoms with Crippen LogP contribution in [0.4, 0.5) is 13.2 Å². The number of piperazine rings is 1. The van der Waals surface area contributed by atoms with Crippen LogP contribution in [0.1, 0.15) is 36.5 Å². The quantitative estimate of drug-likeness (QED) is 0.925. The zero-order valence-corrected chi connectivity index (χ0v) is 11.7. The maximum absolute atomic E-state index is 12.6. The number of alkyl halides is 3. The van der Waals surface area contributed by atoms with Gasteiger partial charge in [0.2, 0.25) is 0 Å². The third-order valence-corrected chi connectivity index (χ3v) is 4.20. The van der Waals surface area contributed by atoms with Crippen molar-refractivity contribution in [3.8, 4) is 0 Å². The monoisotopic (exact) mass is 293 g/mol. The molecule has 108 valence electrons. The van der Waals surface area contributed by atoms with E-state index in [1.165, 1.54) is 0 Å². The van der Waals surface area contributed by atoms with Crippen LogP contribution in [0, 0.1) is 0 Å². The topological polar surface area (TPSA) is 28.2 Å². The van der Waals surface area contributed by atoms with Gasteiger partial charge in [-0.1, -0.05) is 13.3 Å². The first-order chi connectivity index (χ1) is 9.02. The van der Waals surface area contributed by atoms with Gasteiger partial charge in [-0.25, -0.2) is 4.98 Å². The number of halogens is 3. The SMILES string of the molecule is CCCC(c1nc(C(F)(F)F)cs1)N1CCNCC1. The van der Waals surface area contributed by atoms with Gasteiger partial charge in [0.05, 0.1) is 6.04 Å². The van der Waals surface area contributed by atoms with E-state index < -0.39 is 11.9 Å². The molecule has 0 spiro atoms. The van der Waals surface area contributed by atoms with Crippen molar-refractivity contribution in [2.45, 2.75) is 32.0 Å². The zero-order valence-electron chi connectivity index (χ0n) is 10.8. The van der Waals surface area contributed by atoms with E-state index in [1.807, 2.05) is 6.92 Å². The molecule has 0 aliphatic carbocycles. The summed E-state index contributed by atoms with van der Waals surface area (Å²) < 4.78 is 37.8. The summed E-state index contributed by atoms with van der Waals surface area (Å²) in [6.07, 6.45) is -2.55. The summed E-state index contributed by atoms with van der Waals surface area (Å²) in [7, 11) is 0. The molecule has 1 aliphatic rings. The van der Waals surface area contributed by atoms with Gasteiger partial charge in [-0.2, -0.15) is 13.2 Å². The molecule has 2 rings (SSSR count). The fraction of sp³-hybridized carbons (Fsp3) is 0.750. The summed E-state index contributed by atoms with van der Waals surface area (Å²) in [6.45, 7) is 5.56. The molecule has 1 fully saturated rings. The van der Waals surface area contributed by atoms with E-state index in [0.717, 1.165) is 55.7 Å². The van der Waals surface area contributed by atoms with Crippen molar-refractivity contribution in [3.05, 3.63) is 16.1 Å². The van der Waals surface area contributed by atoms with Crippen LogP contribution in [0.15, 0.2) is 5.38 Å². The Kier molecular flexibility index (Phi) is 4.81. The molecule has 2 heterocycles. The van der Waals surface area contributed by atoms with Gasteiger partial charge in [-0.05, 0) is 6.42 Å². The van der Waals surface area contributed by atoms with Gasteiger partial charge >= 0.3 is 6.18 Å². The van der Waals surface area contributed by atoms with Crippen molar-refractivity contribution in [3.63, 3.8) is 0 Å². The van der Waals surface area contributed by atoms with Crippen molar-refractivity contribution in [1.29, 1.82) is 0 Å². The van der Waals surface area contributed by atoms with E-state index in [2.05, 4.69) is 15.2 Å². The third kappa shape index (κ3) is 3.67. The predicted octanol–water partition coefficient (Wildman–Crippen LogP) is 2.91. The first kappa shape index (κ1) is 14.7. The number of hydrogen-bond donors (Lipinski definition) is 1. The molecule has 7 heteroatoms. The van der Waals surface area contributed by atoms with Crippen LogP contribution in [-0.4, -0.2) is 36.1 Å². The summed E-state index contributed by atoms with van der Waals surface area (Å²) in [4.78, 5) is 6.04. The summed E-state index contributed by atoms with van der Waals surface area (Å²) in [6, 6.07) is 0.0215. The molecule has 19 heavy (non-hydrogen) atoms. The Bertz CT molecular complexity index is 399. The molecule has 0 saturated carbocycles. The fourth-order valence-electron chi connectivity index (χ4n) is 2.30. The molecule has 1 aliphatic heterocycles. The number of nitrogens with one attached hydrogen (secondary N) is 1. The van der Waals surface area contributed by atoms with Crippen LogP contribution in [0.3, 0.4) is 0 Å². The van der Waals surface area contributed by atoms with Crippen LogP contribution in [0.25, 0.3) is 0 Å². The van der Waals surface area contributed by atoms with Crippen LogP contribution >= 0.6 is 11.3 Å². The predicted molar refractivity (Wildman–Crippen MR) is 69.2 cm³/mol. The molecule has 1 unspecified atom stereocenters. The maximum Gasteiger partial charge on any atom is 0.434 e. The minimum Gasteiger partial charge on any atom is -0.314 e. The lowest BCUT2D eigenvalue weighted by atomic mass is 10.1. The molecule has 1 saturated heterocycles. The molecule has 0 bridgehead atoms. The van der Waals surface area contributed by atoms with E-state index >= 15 is 0 Å². The summed E-state index contributed by atoms with van der Waals surface area (Å²) in [5.41, 5.74) is -0.760. The molecule has 0 aromatic carbocycles. The van der Waals surface area contributed by atoms with Crippen molar-refractivity contribution in [2.24, 2.45) is 0 Å². The highest BCUT2D eigenvalue weighted by Gasteiger charge is 2.35. The van der Waals surface area contributed by atoms with Crippen molar-refractivity contribution >= 4 is 11.3 Å². The molecular weight excluding hydrogens is 275 g/mol. The van der Waals surface area contributed by atoms with Gasteiger partial charge in [-0.15, -0.1) is 11.3 Å². The lowest BCUT2D eigenvalue weighted by molar-refractivity contribution is -0.140. The molecule has 1 N–H and O–H groups in total. The van der Waals surface area contributed by atoms with Crippen LogP contribution < -0.4 is 5.32 Å². The smallest absolute Gasteiger partial charge is 0.314 e. The Balaban J connectivity index is 2.16. The Hall–Kier alpha value is -0.660. The zero-order chi connectivity index (χ0) is 13.9. The number of nitrogens with zero attached hydrogens (tertiary/aromatic N) is 2. The van der Waals surface area contributed by atoms with E-state index in [1.54, 1.807) is 0 Å². The average molecular weight is 293 g/mol.